The van der Waals surface area contributed by atoms with Crippen molar-refractivity contribution in [2.45, 2.75) is 12.4 Å². The molecule has 1 N–H and O–H groups in total. The Hall–Kier alpha value is -3.63. The molecule has 2 aromatic rings. The van der Waals surface area contributed by atoms with Gasteiger partial charge in [-0.1, -0.05) is 30.3 Å². The van der Waals surface area contributed by atoms with E-state index in [-0.39, 0.29) is 22.3 Å². The summed E-state index contributed by atoms with van der Waals surface area (Å²) in [6.07, 6.45) is -9.27. The molecular weight excluding hydrogens is 472 g/mol. The highest BCUT2D eigenvalue weighted by Gasteiger charge is 2.28. The van der Waals surface area contributed by atoms with Crippen molar-refractivity contribution in [3.63, 3.8) is 0 Å². The lowest BCUT2D eigenvalue weighted by molar-refractivity contribution is -0.118. The molecule has 0 spiro atoms. The lowest BCUT2D eigenvalue weighted by Gasteiger charge is -2.17. The van der Waals surface area contributed by atoms with Crippen LogP contribution in [0.4, 0.5) is 40.8 Å². The molecule has 0 aromatic heterocycles. The molecule has 0 saturated carbocycles. The molecule has 11 heteroatoms. The predicted molar refractivity (Wildman–Crippen MR) is 109 cm³/mol. The van der Waals surface area contributed by atoms with Gasteiger partial charge in [0.2, 0.25) is 0 Å². The van der Waals surface area contributed by atoms with E-state index in [0.717, 1.165) is 24.3 Å². The fourth-order valence-corrected chi connectivity index (χ4v) is 3.46. The van der Waals surface area contributed by atoms with Crippen molar-refractivity contribution < 1.29 is 39.5 Å². The maximum Gasteiger partial charge on any atom is 0.407 e. The number of rotatable bonds is 4. The minimum absolute atomic E-state index is 0.0641. The van der Waals surface area contributed by atoms with E-state index in [1.54, 1.807) is 30.3 Å². The molecule has 0 bridgehead atoms. The molecule has 178 valence electrons. The number of benzene rings is 3. The van der Waals surface area contributed by atoms with E-state index in [1.807, 2.05) is 5.32 Å². The third kappa shape index (κ3) is 5.13. The second-order valence-electron chi connectivity index (χ2n) is 7.37. The Morgan fingerprint density at radius 1 is 0.824 bits per heavy atom. The number of fused-ring (bicyclic) bond motifs is 2. The van der Waals surface area contributed by atoms with E-state index in [4.69, 9.17) is 4.42 Å². The minimum atomic E-state index is -4.66. The van der Waals surface area contributed by atoms with Gasteiger partial charge in [0, 0.05) is 28.6 Å². The summed E-state index contributed by atoms with van der Waals surface area (Å²) in [5, 5.41) is 1.47. The highest BCUT2D eigenvalue weighted by atomic mass is 19.4. The predicted octanol–water partition coefficient (Wildman–Crippen LogP) is 6.92. The Labute approximate surface area is 186 Å². The summed E-state index contributed by atoms with van der Waals surface area (Å²) in [5.41, 5.74) is 0.363. The van der Waals surface area contributed by atoms with Crippen molar-refractivity contribution >= 4 is 16.7 Å². The zero-order chi connectivity index (χ0) is 24.7. The molecule has 0 fully saturated rings. The normalized spacial score (nSPS) is 13.1. The van der Waals surface area contributed by atoms with Gasteiger partial charge in [-0.3, -0.25) is 4.99 Å². The summed E-state index contributed by atoms with van der Waals surface area (Å²) in [6, 6.07) is 12.2. The van der Waals surface area contributed by atoms with Crippen molar-refractivity contribution in [2.24, 2.45) is 4.99 Å². The van der Waals surface area contributed by atoms with Crippen molar-refractivity contribution in [1.29, 1.82) is 0 Å². The fourth-order valence-electron chi connectivity index (χ4n) is 3.46. The van der Waals surface area contributed by atoms with Gasteiger partial charge in [-0.2, -0.15) is 26.3 Å². The van der Waals surface area contributed by atoms with E-state index >= 15 is 0 Å². The Kier molecular flexibility index (Phi) is 5.96. The molecule has 0 radical (unpaired) electrons. The molecule has 0 amide bonds. The number of nitrogens with one attached hydrogen (secondary N) is 1. The first-order chi connectivity index (χ1) is 15.9. The number of anilines is 1. The number of hydrogen-bond donors (Lipinski definition) is 1. The summed E-state index contributed by atoms with van der Waals surface area (Å²) in [6.45, 7) is -3.12. The second-order valence-corrected chi connectivity index (χ2v) is 7.37. The van der Waals surface area contributed by atoms with Crippen LogP contribution in [-0.2, 0) is 0 Å². The van der Waals surface area contributed by atoms with Crippen LogP contribution < -0.4 is 10.7 Å². The molecule has 3 nitrogen and oxygen atoms in total. The number of alkyl halides is 6. The second kappa shape index (κ2) is 8.62. The zero-order valence-electron chi connectivity index (χ0n) is 17.0. The molecule has 0 saturated heterocycles. The highest BCUT2D eigenvalue weighted by Crippen LogP contribution is 2.41. The summed E-state index contributed by atoms with van der Waals surface area (Å²) in [4.78, 5) is 3.24. The topological polar surface area (TPSA) is 37.5 Å². The smallest absolute Gasteiger partial charge is 0.407 e. The molecule has 0 unspecified atom stereocenters. The van der Waals surface area contributed by atoms with Gasteiger partial charge in [-0.25, -0.2) is 8.78 Å². The van der Waals surface area contributed by atoms with Crippen LogP contribution in [0.2, 0.25) is 0 Å². The molecule has 1 aliphatic carbocycles. The van der Waals surface area contributed by atoms with Crippen LogP contribution in [0.3, 0.4) is 0 Å². The maximum absolute atomic E-state index is 14.7. The van der Waals surface area contributed by atoms with Crippen LogP contribution in [0.15, 0.2) is 64.0 Å². The van der Waals surface area contributed by atoms with Crippen LogP contribution in [0.25, 0.3) is 33.4 Å². The molecule has 1 heterocycles. The first-order valence-corrected chi connectivity index (χ1v) is 9.74. The maximum atomic E-state index is 14.7. The van der Waals surface area contributed by atoms with Crippen LogP contribution in [0.1, 0.15) is 0 Å². The average molecular weight is 486 g/mol. The lowest BCUT2D eigenvalue weighted by atomic mass is 9.93. The van der Waals surface area contributed by atoms with E-state index in [0.29, 0.717) is 11.1 Å². The first-order valence-electron chi connectivity index (χ1n) is 9.74. The third-order valence-electron chi connectivity index (χ3n) is 4.85. The van der Waals surface area contributed by atoms with Gasteiger partial charge < -0.3 is 9.73 Å². The molecule has 1 aliphatic heterocycles. The van der Waals surface area contributed by atoms with Crippen LogP contribution in [0.5, 0.6) is 0 Å². The number of hydrogen-bond acceptors (Lipinski definition) is 3. The molecule has 34 heavy (non-hydrogen) atoms. The van der Waals surface area contributed by atoms with Crippen LogP contribution in [-0.4, -0.2) is 25.4 Å². The highest BCUT2D eigenvalue weighted by molar-refractivity contribution is 6.02. The van der Waals surface area contributed by atoms with Gasteiger partial charge in [-0.15, -0.1) is 0 Å². The zero-order valence-corrected chi connectivity index (χ0v) is 17.0. The van der Waals surface area contributed by atoms with Crippen molar-refractivity contribution in [3.05, 3.63) is 71.6 Å². The third-order valence-corrected chi connectivity index (χ3v) is 4.85. The Morgan fingerprint density at radius 2 is 1.53 bits per heavy atom. The van der Waals surface area contributed by atoms with Crippen LogP contribution in [0, 0.1) is 11.6 Å². The largest absolute Gasteiger partial charge is 0.456 e. The summed E-state index contributed by atoms with van der Waals surface area (Å²) in [5.74, 6) is -2.13. The Morgan fingerprint density at radius 3 is 2.18 bits per heavy atom. The van der Waals surface area contributed by atoms with Gasteiger partial charge in [0.15, 0.2) is 0 Å². The Bertz CT molecular complexity index is 1370. The molecule has 2 aromatic carbocycles. The van der Waals surface area contributed by atoms with Crippen molar-refractivity contribution in [2.75, 3.05) is 18.4 Å². The quantitative estimate of drug-likeness (QED) is 0.251. The van der Waals surface area contributed by atoms with E-state index in [9.17, 15) is 35.1 Å². The first kappa shape index (κ1) is 23.5. The lowest BCUT2D eigenvalue weighted by Crippen LogP contribution is -2.21. The van der Waals surface area contributed by atoms with E-state index in [2.05, 4.69) is 4.99 Å². The van der Waals surface area contributed by atoms with Gasteiger partial charge in [0.1, 0.15) is 36.1 Å². The average Bonchev–Trinajstić information content (AvgIpc) is 2.74. The molecule has 0 atom stereocenters. The van der Waals surface area contributed by atoms with E-state index in [1.165, 1.54) is 0 Å². The van der Waals surface area contributed by atoms with E-state index < -0.39 is 48.1 Å². The Balaban J connectivity index is 1.99. The summed E-state index contributed by atoms with van der Waals surface area (Å²) < 4.78 is 110. The van der Waals surface area contributed by atoms with Crippen molar-refractivity contribution in [1.82, 2.24) is 0 Å². The molecular formula is C23H14F8N2O. The summed E-state index contributed by atoms with van der Waals surface area (Å²) >= 11 is 0. The standard InChI is InChI=1S/C23H14F8N2O/c24-15-6-13-19(8-17(15)32-10-22(26,27)28)34-20-9-18(33-11-23(29,30)31)16(25)7-14(20)21(13)12-4-2-1-3-5-12/h1-9,32H,10-11H2. The van der Waals surface area contributed by atoms with Gasteiger partial charge in [0.25, 0.3) is 0 Å². The van der Waals surface area contributed by atoms with Gasteiger partial charge in [0.05, 0.1) is 11.0 Å². The number of nitrogens with zero attached hydrogens (tertiary/aromatic N) is 1. The van der Waals surface area contributed by atoms with Crippen molar-refractivity contribution in [3.8, 4) is 22.5 Å². The minimum Gasteiger partial charge on any atom is -0.456 e. The molecule has 4 rings (SSSR count). The fraction of sp³-hybridized carbons (Fsp3) is 0.174. The van der Waals surface area contributed by atoms with Crippen LogP contribution >= 0.6 is 0 Å². The molecule has 2 aliphatic rings. The SMILES string of the molecule is Fc1cc2c(-c3ccccc3)c3cc(F)c(=NCC(F)(F)F)cc-3oc2cc1NCC(F)(F)F. The van der Waals surface area contributed by atoms with Gasteiger partial charge >= 0.3 is 12.4 Å². The summed E-state index contributed by atoms with van der Waals surface area (Å²) in [7, 11) is 0. The monoisotopic (exact) mass is 486 g/mol. The van der Waals surface area contributed by atoms with Gasteiger partial charge in [-0.05, 0) is 17.7 Å². The number of halogens is 8.